The highest BCUT2D eigenvalue weighted by atomic mass is 16.5. The van der Waals surface area contributed by atoms with Gasteiger partial charge in [0.15, 0.2) is 5.82 Å². The van der Waals surface area contributed by atoms with Gasteiger partial charge in [-0.25, -0.2) is 0 Å². The van der Waals surface area contributed by atoms with Gasteiger partial charge in [0.05, 0.1) is 5.41 Å². The first-order chi connectivity index (χ1) is 10.2. The van der Waals surface area contributed by atoms with Gasteiger partial charge in [-0.2, -0.15) is 4.98 Å². The summed E-state index contributed by atoms with van der Waals surface area (Å²) in [6.45, 7) is 2.87. The molecule has 2 aromatic rings. The molecule has 112 valence electrons. The third kappa shape index (κ3) is 2.97. The third-order valence-corrected chi connectivity index (χ3v) is 4.63. The lowest BCUT2D eigenvalue weighted by atomic mass is 9.71. The molecule has 0 aliphatic heterocycles. The van der Waals surface area contributed by atoms with Crippen LogP contribution in [0.4, 0.5) is 0 Å². The number of pyridine rings is 1. The second kappa shape index (κ2) is 5.93. The summed E-state index contributed by atoms with van der Waals surface area (Å²) in [5.41, 5.74) is 7.01. The van der Waals surface area contributed by atoms with Crippen molar-refractivity contribution in [2.45, 2.75) is 44.4 Å². The van der Waals surface area contributed by atoms with Gasteiger partial charge >= 0.3 is 0 Å². The van der Waals surface area contributed by atoms with Crippen molar-refractivity contribution < 1.29 is 4.52 Å². The van der Waals surface area contributed by atoms with E-state index in [9.17, 15) is 0 Å². The summed E-state index contributed by atoms with van der Waals surface area (Å²) < 4.78 is 5.54. The van der Waals surface area contributed by atoms with E-state index in [0.29, 0.717) is 18.8 Å². The molecule has 2 N–H and O–H groups in total. The smallest absolute Gasteiger partial charge is 0.234 e. The molecule has 0 radical (unpaired) electrons. The molecule has 0 aromatic carbocycles. The van der Waals surface area contributed by atoms with Crippen LogP contribution in [0.15, 0.2) is 29.0 Å². The lowest BCUT2D eigenvalue weighted by molar-refractivity contribution is 0.191. The molecule has 0 amide bonds. The molecule has 0 saturated heterocycles. The van der Waals surface area contributed by atoms with Gasteiger partial charge in [-0.3, -0.25) is 4.98 Å². The normalized spacial score (nSPS) is 25.9. The average molecular weight is 286 g/mol. The molecule has 3 rings (SSSR count). The minimum absolute atomic E-state index is 0.118. The van der Waals surface area contributed by atoms with Gasteiger partial charge in [0.25, 0.3) is 0 Å². The predicted molar refractivity (Wildman–Crippen MR) is 79.7 cm³/mol. The fourth-order valence-electron chi connectivity index (χ4n) is 3.05. The molecule has 2 heterocycles. The zero-order chi connectivity index (χ0) is 14.7. The Balaban J connectivity index is 1.77. The zero-order valence-electron chi connectivity index (χ0n) is 12.5. The predicted octanol–water partition coefficient (Wildman–Crippen LogP) is 2.46. The summed E-state index contributed by atoms with van der Waals surface area (Å²) in [6.07, 6.45) is 8.68. The van der Waals surface area contributed by atoms with Crippen molar-refractivity contribution in [3.63, 3.8) is 0 Å². The molecule has 0 bridgehead atoms. The van der Waals surface area contributed by atoms with E-state index < -0.39 is 0 Å². The van der Waals surface area contributed by atoms with E-state index in [4.69, 9.17) is 10.3 Å². The molecule has 0 spiro atoms. The van der Waals surface area contributed by atoms with Gasteiger partial charge in [-0.15, -0.1) is 0 Å². The van der Waals surface area contributed by atoms with Gasteiger partial charge in [0.2, 0.25) is 5.89 Å². The van der Waals surface area contributed by atoms with Crippen LogP contribution in [0.2, 0.25) is 0 Å². The van der Waals surface area contributed by atoms with Crippen LogP contribution in [0.25, 0.3) is 0 Å². The lowest BCUT2D eigenvalue weighted by Crippen LogP contribution is -2.39. The second-order valence-electron chi connectivity index (χ2n) is 6.22. The number of nitrogens with zero attached hydrogens (tertiary/aromatic N) is 3. The first-order valence-electron chi connectivity index (χ1n) is 7.64. The maximum absolute atomic E-state index is 6.04. The summed E-state index contributed by atoms with van der Waals surface area (Å²) in [4.78, 5) is 8.72. The van der Waals surface area contributed by atoms with Crippen molar-refractivity contribution in [2.24, 2.45) is 11.7 Å². The van der Waals surface area contributed by atoms with Crippen LogP contribution in [0.1, 0.15) is 49.9 Å². The van der Waals surface area contributed by atoms with Crippen molar-refractivity contribution in [3.05, 3.63) is 41.8 Å². The summed E-state index contributed by atoms with van der Waals surface area (Å²) in [7, 11) is 0. The number of hydrogen-bond donors (Lipinski definition) is 1. The highest BCUT2D eigenvalue weighted by molar-refractivity contribution is 5.15. The maximum atomic E-state index is 6.04. The molecule has 21 heavy (non-hydrogen) atoms. The fourth-order valence-corrected chi connectivity index (χ4v) is 3.05. The Hall–Kier alpha value is -1.75. The lowest BCUT2D eigenvalue weighted by Gasteiger charge is -2.35. The summed E-state index contributed by atoms with van der Waals surface area (Å²) in [6, 6.07) is 3.93. The van der Waals surface area contributed by atoms with Gasteiger partial charge in [0, 0.05) is 25.4 Å². The minimum Gasteiger partial charge on any atom is -0.339 e. The van der Waals surface area contributed by atoms with Crippen molar-refractivity contribution in [3.8, 4) is 0 Å². The number of hydrogen-bond acceptors (Lipinski definition) is 5. The van der Waals surface area contributed by atoms with Crippen LogP contribution in [0.3, 0.4) is 0 Å². The average Bonchev–Trinajstić information content (AvgIpc) is 2.99. The van der Waals surface area contributed by atoms with Crippen molar-refractivity contribution in [1.29, 1.82) is 0 Å². The number of aromatic nitrogens is 3. The molecule has 5 heteroatoms. The molecule has 1 aliphatic carbocycles. The molecule has 1 aliphatic rings. The topological polar surface area (TPSA) is 77.8 Å². The summed E-state index contributed by atoms with van der Waals surface area (Å²) in [5, 5.41) is 4.13. The van der Waals surface area contributed by atoms with Crippen LogP contribution >= 0.6 is 0 Å². The van der Waals surface area contributed by atoms with Crippen LogP contribution < -0.4 is 5.73 Å². The maximum Gasteiger partial charge on any atom is 0.234 e. The first-order valence-corrected chi connectivity index (χ1v) is 7.64. The Morgan fingerprint density at radius 2 is 2.19 bits per heavy atom. The molecule has 0 unspecified atom stereocenters. The van der Waals surface area contributed by atoms with Gasteiger partial charge in [0.1, 0.15) is 0 Å². The minimum atomic E-state index is -0.118. The molecule has 2 aromatic heterocycles. The molecular formula is C16H22N4O. The number of rotatable bonds is 4. The van der Waals surface area contributed by atoms with Gasteiger partial charge in [-0.05, 0) is 43.2 Å². The van der Waals surface area contributed by atoms with E-state index in [1.807, 2.05) is 18.3 Å². The van der Waals surface area contributed by atoms with E-state index in [2.05, 4.69) is 22.0 Å². The van der Waals surface area contributed by atoms with E-state index in [1.165, 1.54) is 12.8 Å². The van der Waals surface area contributed by atoms with Crippen LogP contribution in [0.5, 0.6) is 0 Å². The first kappa shape index (κ1) is 14.2. The Bertz CT molecular complexity index is 573. The highest BCUT2D eigenvalue weighted by Crippen LogP contribution is 2.40. The molecule has 1 fully saturated rings. The van der Waals surface area contributed by atoms with Crippen LogP contribution in [-0.4, -0.2) is 21.7 Å². The monoisotopic (exact) mass is 286 g/mol. The Labute approximate surface area is 125 Å². The Kier molecular flexibility index (Phi) is 4.01. The largest absolute Gasteiger partial charge is 0.339 e. The quantitative estimate of drug-likeness (QED) is 0.934. The van der Waals surface area contributed by atoms with E-state index in [-0.39, 0.29) is 5.41 Å². The van der Waals surface area contributed by atoms with Gasteiger partial charge in [-0.1, -0.05) is 18.1 Å². The molecule has 1 saturated carbocycles. The van der Waals surface area contributed by atoms with E-state index >= 15 is 0 Å². The molecular weight excluding hydrogens is 264 g/mol. The van der Waals surface area contributed by atoms with Gasteiger partial charge < -0.3 is 10.3 Å². The highest BCUT2D eigenvalue weighted by Gasteiger charge is 2.39. The Morgan fingerprint density at radius 1 is 1.38 bits per heavy atom. The SMILES string of the molecule is CC1CCC(CN)(c2nc(Cc3cccnc3)no2)CC1. The molecule has 0 atom stereocenters. The summed E-state index contributed by atoms with van der Waals surface area (Å²) in [5.74, 6) is 2.20. The van der Waals surface area contributed by atoms with E-state index in [0.717, 1.165) is 30.2 Å². The van der Waals surface area contributed by atoms with E-state index in [1.54, 1.807) is 6.20 Å². The van der Waals surface area contributed by atoms with Crippen molar-refractivity contribution in [2.75, 3.05) is 6.54 Å². The summed E-state index contributed by atoms with van der Waals surface area (Å²) >= 11 is 0. The zero-order valence-corrected chi connectivity index (χ0v) is 12.5. The Morgan fingerprint density at radius 3 is 2.86 bits per heavy atom. The third-order valence-electron chi connectivity index (χ3n) is 4.63. The fraction of sp³-hybridized carbons (Fsp3) is 0.562. The van der Waals surface area contributed by atoms with Crippen LogP contribution in [0, 0.1) is 5.92 Å². The number of nitrogens with two attached hydrogens (primary N) is 1. The molecule has 5 nitrogen and oxygen atoms in total. The van der Waals surface area contributed by atoms with Crippen molar-refractivity contribution >= 4 is 0 Å². The second-order valence-corrected chi connectivity index (χ2v) is 6.22. The van der Waals surface area contributed by atoms with Crippen LogP contribution in [-0.2, 0) is 11.8 Å². The standard InChI is InChI=1S/C16H22N4O/c1-12-4-6-16(11-17,7-5-12)15-19-14(20-21-15)9-13-3-2-8-18-10-13/h2-3,8,10,12H,4-7,9,11,17H2,1H3. The van der Waals surface area contributed by atoms with Crippen molar-refractivity contribution in [1.82, 2.24) is 15.1 Å².